The molecule has 3 heterocycles. The van der Waals surface area contributed by atoms with Crippen LogP contribution in [0.25, 0.3) is 11.2 Å². The van der Waals surface area contributed by atoms with Crippen LogP contribution in [0.3, 0.4) is 0 Å². The molecule has 0 unspecified atom stereocenters. The molecule has 1 fully saturated rings. The Morgan fingerprint density at radius 3 is 2.82 bits per heavy atom. The lowest BCUT2D eigenvalue weighted by atomic mass is 10.1. The van der Waals surface area contributed by atoms with Gasteiger partial charge in [0.15, 0.2) is 6.23 Å². The second-order valence-electron chi connectivity index (χ2n) is 6.67. The summed E-state index contributed by atoms with van der Waals surface area (Å²) in [5.74, 6) is 0.161. The molecule has 4 atom stereocenters. The lowest BCUT2D eigenvalue weighted by Gasteiger charge is -2.19. The van der Waals surface area contributed by atoms with Crippen molar-refractivity contribution in [2.45, 2.75) is 31.1 Å². The second-order valence-corrected chi connectivity index (χ2v) is 6.67. The van der Waals surface area contributed by atoms with Gasteiger partial charge in [-0.05, 0) is 5.56 Å². The number of nitrogens with two attached hydrogens (primary N) is 1. The molecule has 1 aliphatic rings. The van der Waals surface area contributed by atoms with Crippen LogP contribution in [0.15, 0.2) is 41.5 Å². The van der Waals surface area contributed by atoms with E-state index in [1.807, 2.05) is 30.3 Å². The van der Waals surface area contributed by atoms with Crippen molar-refractivity contribution in [1.29, 1.82) is 0 Å². The van der Waals surface area contributed by atoms with Gasteiger partial charge in [0, 0.05) is 7.11 Å². The number of aromatic amines is 1. The van der Waals surface area contributed by atoms with Crippen LogP contribution >= 0.6 is 0 Å². The van der Waals surface area contributed by atoms with Crippen molar-refractivity contribution >= 4 is 17.1 Å². The highest BCUT2D eigenvalue weighted by Gasteiger charge is 2.47. The van der Waals surface area contributed by atoms with E-state index in [4.69, 9.17) is 15.2 Å². The third-order valence-electron chi connectivity index (χ3n) is 4.99. The Morgan fingerprint density at radius 1 is 1.39 bits per heavy atom. The fourth-order valence-electron chi connectivity index (χ4n) is 3.60. The maximum Gasteiger partial charge on any atom is 0.324 e. The third-order valence-corrected chi connectivity index (χ3v) is 4.99. The van der Waals surface area contributed by atoms with Crippen molar-refractivity contribution in [2.24, 2.45) is 0 Å². The topological polar surface area (TPSA) is 140 Å². The monoisotopic (exact) mass is 388 g/mol. The normalized spacial score (nSPS) is 24.8. The van der Waals surface area contributed by atoms with E-state index in [1.54, 1.807) is 9.13 Å². The zero-order valence-corrected chi connectivity index (χ0v) is 15.2. The highest BCUT2D eigenvalue weighted by Crippen LogP contribution is 2.32. The number of fused-ring (bicyclic) bond motifs is 1. The minimum absolute atomic E-state index is 0.161. The number of hydrogen-bond donors (Lipinski definition) is 4. The van der Waals surface area contributed by atoms with Crippen LogP contribution < -0.4 is 15.9 Å². The molecule has 28 heavy (non-hydrogen) atoms. The highest BCUT2D eigenvalue weighted by atomic mass is 16.6. The summed E-state index contributed by atoms with van der Waals surface area (Å²) >= 11 is 0. The van der Waals surface area contributed by atoms with Gasteiger partial charge in [0.05, 0.1) is 13.2 Å². The number of nitrogens with zero attached hydrogens (tertiary/aromatic N) is 3. The van der Waals surface area contributed by atoms with E-state index < -0.39 is 30.1 Å². The summed E-state index contributed by atoms with van der Waals surface area (Å²) in [6.45, 7) is 0.0267. The molecule has 10 nitrogen and oxygen atoms in total. The van der Waals surface area contributed by atoms with Gasteiger partial charge < -0.3 is 25.4 Å². The number of nitrogen functional groups attached to an aromatic ring is 1. The summed E-state index contributed by atoms with van der Waals surface area (Å²) < 4.78 is 14.5. The van der Waals surface area contributed by atoms with Gasteiger partial charge >= 0.3 is 11.5 Å². The van der Waals surface area contributed by atoms with Crippen molar-refractivity contribution < 1.29 is 24.3 Å². The summed E-state index contributed by atoms with van der Waals surface area (Å²) in [6, 6.07) is 9.63. The van der Waals surface area contributed by atoms with E-state index in [9.17, 15) is 15.0 Å². The number of H-pyrrole nitrogens is 1. The maximum atomic E-state index is 12.4. The van der Waals surface area contributed by atoms with E-state index in [-0.39, 0.29) is 18.1 Å². The summed E-state index contributed by atoms with van der Waals surface area (Å²) in [4.78, 5) is 19.2. The molecule has 0 bridgehead atoms. The largest absolute Gasteiger partial charge is 0.394 e. The Bertz CT molecular complexity index is 1030. The molecule has 5 N–H and O–H groups in total. The molecule has 10 heteroatoms. The van der Waals surface area contributed by atoms with Crippen LogP contribution in [0, 0.1) is 0 Å². The van der Waals surface area contributed by atoms with Gasteiger partial charge in [-0.15, -0.1) is 0 Å². The molecule has 1 saturated heterocycles. The number of nitrogens with one attached hydrogen (secondary N) is 1. The number of aliphatic hydroxyl groups excluding tert-OH is 2. The zero-order chi connectivity index (χ0) is 19.8. The van der Waals surface area contributed by atoms with Crippen molar-refractivity contribution in [2.75, 3.05) is 19.5 Å². The van der Waals surface area contributed by atoms with E-state index in [1.165, 1.54) is 13.4 Å². The SMILES string of the molecule is CO[C@@H]1[C@H](O)[C@@H](CO)O[C@H]1n1cnc2c(=O)[nH]c(N)[n+](Cc3ccccc3)c21. The molecular weight excluding hydrogens is 366 g/mol. The molecular formula is C18H22N5O5+. The molecule has 148 valence electrons. The number of imidazole rings is 1. The van der Waals surface area contributed by atoms with Gasteiger partial charge in [-0.3, -0.25) is 4.79 Å². The second kappa shape index (κ2) is 7.32. The molecule has 1 aromatic carbocycles. The number of benzene rings is 1. The molecule has 0 spiro atoms. The fraction of sp³-hybridized carbons (Fsp3) is 0.389. The van der Waals surface area contributed by atoms with Gasteiger partial charge in [-0.1, -0.05) is 30.3 Å². The number of rotatable bonds is 5. The molecule has 0 saturated carbocycles. The minimum Gasteiger partial charge on any atom is -0.394 e. The first-order chi connectivity index (χ1) is 13.5. The quantitative estimate of drug-likeness (QED) is 0.407. The Balaban J connectivity index is 1.87. The van der Waals surface area contributed by atoms with Crippen LogP contribution in [0.2, 0.25) is 0 Å². The summed E-state index contributed by atoms with van der Waals surface area (Å²) in [6.07, 6.45) is -1.93. The van der Waals surface area contributed by atoms with Crippen LogP contribution in [-0.4, -0.2) is 56.8 Å². The van der Waals surface area contributed by atoms with Crippen molar-refractivity contribution in [1.82, 2.24) is 14.5 Å². The van der Waals surface area contributed by atoms with Gasteiger partial charge in [-0.25, -0.2) is 19.1 Å². The predicted octanol–water partition coefficient (Wildman–Crippen LogP) is -1.09. The van der Waals surface area contributed by atoms with Crippen molar-refractivity contribution in [3.05, 3.63) is 52.6 Å². The number of anilines is 1. The van der Waals surface area contributed by atoms with Gasteiger partial charge in [0.1, 0.15) is 24.6 Å². The molecule has 0 amide bonds. The first-order valence-electron chi connectivity index (χ1n) is 8.84. The molecule has 0 aliphatic carbocycles. The molecule has 2 aromatic heterocycles. The van der Waals surface area contributed by atoms with Crippen LogP contribution in [0.4, 0.5) is 5.95 Å². The van der Waals surface area contributed by atoms with E-state index in [0.717, 1.165) is 5.56 Å². The lowest BCUT2D eigenvalue weighted by Crippen LogP contribution is -2.44. The smallest absolute Gasteiger partial charge is 0.324 e. The van der Waals surface area contributed by atoms with Crippen LogP contribution in [-0.2, 0) is 16.0 Å². The molecule has 4 rings (SSSR count). The van der Waals surface area contributed by atoms with Gasteiger partial charge in [-0.2, -0.15) is 0 Å². The minimum atomic E-state index is -1.03. The lowest BCUT2D eigenvalue weighted by molar-refractivity contribution is -0.653. The number of ether oxygens (including phenoxy) is 2. The Labute approximate surface area is 159 Å². The first-order valence-corrected chi connectivity index (χ1v) is 8.84. The maximum absolute atomic E-state index is 12.4. The number of methoxy groups -OCH3 is 1. The number of hydrogen-bond acceptors (Lipinski definition) is 7. The van der Waals surface area contributed by atoms with Crippen molar-refractivity contribution in [3.63, 3.8) is 0 Å². The predicted molar refractivity (Wildman–Crippen MR) is 98.3 cm³/mol. The van der Waals surface area contributed by atoms with Crippen LogP contribution in [0.1, 0.15) is 11.8 Å². The van der Waals surface area contributed by atoms with Gasteiger partial charge in [0.2, 0.25) is 11.2 Å². The highest BCUT2D eigenvalue weighted by molar-refractivity contribution is 5.66. The third kappa shape index (κ3) is 2.96. The number of aliphatic hydroxyl groups is 2. The summed E-state index contributed by atoms with van der Waals surface area (Å²) in [7, 11) is 1.45. The average molecular weight is 388 g/mol. The summed E-state index contributed by atoms with van der Waals surface area (Å²) in [5.41, 5.74) is 7.28. The van der Waals surface area contributed by atoms with Gasteiger partial charge in [0.25, 0.3) is 0 Å². The molecule has 1 aliphatic heterocycles. The zero-order valence-electron chi connectivity index (χ0n) is 15.2. The molecule has 0 radical (unpaired) electrons. The van der Waals surface area contributed by atoms with Crippen LogP contribution in [0.5, 0.6) is 0 Å². The molecule has 3 aromatic rings. The number of aromatic nitrogens is 4. The average Bonchev–Trinajstić information content (AvgIpc) is 3.27. The Hall–Kier alpha value is -2.79. The Morgan fingerprint density at radius 2 is 2.14 bits per heavy atom. The Kier molecular flexibility index (Phi) is 4.85. The van der Waals surface area contributed by atoms with E-state index in [2.05, 4.69) is 9.97 Å². The fourth-order valence-corrected chi connectivity index (χ4v) is 3.60. The standard InChI is InChI=1S/C18H21N5O5/c1-27-14-13(25)11(8-24)28-17(14)23-9-20-12-15(26)21-18(19)22(16(12)23)7-10-5-3-2-4-6-10/h2-6,9,11,13-14,17,24-25H,7-8H2,1H3,(H2,19,21,26)/p+1/t11-,13-,14-,17-/m1/s1. The van der Waals surface area contributed by atoms with E-state index in [0.29, 0.717) is 12.2 Å². The first kappa shape index (κ1) is 18.6. The van der Waals surface area contributed by atoms with Crippen molar-refractivity contribution in [3.8, 4) is 0 Å². The van der Waals surface area contributed by atoms with E-state index >= 15 is 0 Å². The summed E-state index contributed by atoms with van der Waals surface area (Å²) in [5, 5.41) is 19.8.